The maximum atomic E-state index is 12.5. The lowest BCUT2D eigenvalue weighted by molar-refractivity contribution is 0.222. The first kappa shape index (κ1) is 19.6. The molecule has 2 aromatic heterocycles. The Hall–Kier alpha value is -2.70. The summed E-state index contributed by atoms with van der Waals surface area (Å²) in [6.07, 6.45) is 4.83. The van der Waals surface area contributed by atoms with Gasteiger partial charge in [-0.05, 0) is 61.6 Å². The second-order valence-electron chi connectivity index (χ2n) is 7.64. The Labute approximate surface area is 173 Å². The van der Waals surface area contributed by atoms with Crippen LogP contribution in [0.25, 0.3) is 11.3 Å². The van der Waals surface area contributed by atoms with Gasteiger partial charge in [-0.2, -0.15) is 5.10 Å². The zero-order chi connectivity index (χ0) is 20.4. The number of hydrogen-bond donors (Lipinski definition) is 2. The summed E-state index contributed by atoms with van der Waals surface area (Å²) in [7, 11) is 0. The van der Waals surface area contributed by atoms with E-state index in [2.05, 4.69) is 16.1 Å². The SMILES string of the molecule is NCC1(c2cccc(Cl)c2)CCC(n2nc(-c3ccc[nH]c3=O)ccc2=O)CC1. The second kappa shape index (κ2) is 7.97. The number of halogens is 1. The summed E-state index contributed by atoms with van der Waals surface area (Å²) in [5.74, 6) is 0. The average Bonchev–Trinajstić information content (AvgIpc) is 2.75. The molecule has 4 rings (SSSR count). The largest absolute Gasteiger partial charge is 0.330 e. The van der Waals surface area contributed by atoms with Gasteiger partial charge in [-0.1, -0.05) is 23.7 Å². The van der Waals surface area contributed by atoms with Gasteiger partial charge in [-0.3, -0.25) is 9.59 Å². The first-order valence-electron chi connectivity index (χ1n) is 9.76. The van der Waals surface area contributed by atoms with Crippen LogP contribution in [0.15, 0.2) is 64.3 Å². The van der Waals surface area contributed by atoms with Gasteiger partial charge in [0.05, 0.1) is 17.3 Å². The topological polar surface area (TPSA) is 93.8 Å². The van der Waals surface area contributed by atoms with Gasteiger partial charge in [-0.15, -0.1) is 0 Å². The molecule has 7 heteroatoms. The number of pyridine rings is 1. The molecule has 0 aliphatic heterocycles. The van der Waals surface area contributed by atoms with Gasteiger partial charge in [-0.25, -0.2) is 4.68 Å². The molecule has 0 amide bonds. The predicted molar refractivity (Wildman–Crippen MR) is 114 cm³/mol. The van der Waals surface area contributed by atoms with Crippen molar-refractivity contribution in [1.29, 1.82) is 0 Å². The fourth-order valence-corrected chi connectivity index (χ4v) is 4.47. The van der Waals surface area contributed by atoms with E-state index >= 15 is 0 Å². The van der Waals surface area contributed by atoms with Gasteiger partial charge in [0.1, 0.15) is 0 Å². The summed E-state index contributed by atoms with van der Waals surface area (Å²) in [6, 6.07) is 14.4. The van der Waals surface area contributed by atoms with E-state index in [9.17, 15) is 9.59 Å². The average molecular weight is 411 g/mol. The van der Waals surface area contributed by atoms with Crippen molar-refractivity contribution < 1.29 is 0 Å². The number of H-pyrrole nitrogens is 1. The Bertz CT molecular complexity index is 1130. The molecule has 1 saturated carbocycles. The lowest BCUT2D eigenvalue weighted by atomic mass is 9.68. The molecule has 0 atom stereocenters. The minimum absolute atomic E-state index is 0.0240. The highest BCUT2D eigenvalue weighted by Gasteiger charge is 2.37. The van der Waals surface area contributed by atoms with E-state index in [1.807, 2.05) is 18.2 Å². The normalized spacial score (nSPS) is 21.8. The van der Waals surface area contributed by atoms with Crippen molar-refractivity contribution >= 4 is 11.6 Å². The van der Waals surface area contributed by atoms with Crippen LogP contribution in [0, 0.1) is 0 Å². The minimum atomic E-state index is -0.225. The number of benzene rings is 1. The number of hydrogen-bond acceptors (Lipinski definition) is 4. The Kier molecular flexibility index (Phi) is 5.39. The third kappa shape index (κ3) is 3.78. The van der Waals surface area contributed by atoms with E-state index in [-0.39, 0.29) is 22.6 Å². The van der Waals surface area contributed by atoms with E-state index in [0.29, 0.717) is 22.8 Å². The molecule has 0 saturated heterocycles. The van der Waals surface area contributed by atoms with Crippen molar-refractivity contribution in [2.75, 3.05) is 6.54 Å². The van der Waals surface area contributed by atoms with E-state index < -0.39 is 0 Å². The smallest absolute Gasteiger partial charge is 0.267 e. The maximum absolute atomic E-state index is 12.5. The Morgan fingerprint density at radius 3 is 2.62 bits per heavy atom. The van der Waals surface area contributed by atoms with Crippen molar-refractivity contribution in [1.82, 2.24) is 14.8 Å². The third-order valence-electron chi connectivity index (χ3n) is 6.01. The van der Waals surface area contributed by atoms with Gasteiger partial charge >= 0.3 is 0 Å². The number of nitrogens with two attached hydrogens (primary N) is 1. The van der Waals surface area contributed by atoms with Gasteiger partial charge < -0.3 is 10.7 Å². The van der Waals surface area contributed by atoms with Crippen LogP contribution < -0.4 is 16.9 Å². The lowest BCUT2D eigenvalue weighted by Gasteiger charge is -2.40. The van der Waals surface area contributed by atoms with Crippen molar-refractivity contribution in [3.8, 4) is 11.3 Å². The Balaban J connectivity index is 1.62. The molecule has 3 aromatic rings. The van der Waals surface area contributed by atoms with Crippen LogP contribution in [0.3, 0.4) is 0 Å². The highest BCUT2D eigenvalue weighted by Crippen LogP contribution is 2.42. The van der Waals surface area contributed by atoms with E-state index in [0.717, 1.165) is 31.2 Å². The molecule has 1 fully saturated rings. The van der Waals surface area contributed by atoms with Crippen LogP contribution in [0.5, 0.6) is 0 Å². The highest BCUT2D eigenvalue weighted by atomic mass is 35.5. The van der Waals surface area contributed by atoms with E-state index in [4.69, 9.17) is 17.3 Å². The minimum Gasteiger partial charge on any atom is -0.330 e. The molecule has 0 bridgehead atoms. The molecule has 0 unspecified atom stereocenters. The zero-order valence-electron chi connectivity index (χ0n) is 16.0. The van der Waals surface area contributed by atoms with Crippen LogP contribution in [0.4, 0.5) is 0 Å². The summed E-state index contributed by atoms with van der Waals surface area (Å²) in [5.41, 5.74) is 7.76. The number of aromatic amines is 1. The number of aromatic nitrogens is 3. The second-order valence-corrected chi connectivity index (χ2v) is 8.08. The number of nitrogens with one attached hydrogen (secondary N) is 1. The molecule has 1 aliphatic rings. The van der Waals surface area contributed by atoms with Crippen LogP contribution >= 0.6 is 11.6 Å². The standard InChI is InChI=1S/C22H23ClN4O2/c23-16-4-1-3-15(13-16)22(14-24)10-8-17(9-11-22)27-20(28)7-6-19(26-27)18-5-2-12-25-21(18)29/h1-7,12-13,17H,8-11,14,24H2,(H,25,29). The monoisotopic (exact) mass is 410 g/mol. The summed E-state index contributed by atoms with van der Waals surface area (Å²) < 4.78 is 1.53. The van der Waals surface area contributed by atoms with E-state index in [1.54, 1.807) is 24.4 Å². The fourth-order valence-electron chi connectivity index (χ4n) is 4.28. The summed E-state index contributed by atoms with van der Waals surface area (Å²) >= 11 is 6.19. The summed E-state index contributed by atoms with van der Waals surface area (Å²) in [4.78, 5) is 27.2. The van der Waals surface area contributed by atoms with Crippen LogP contribution in [-0.2, 0) is 5.41 Å². The Morgan fingerprint density at radius 2 is 1.93 bits per heavy atom. The van der Waals surface area contributed by atoms with Gasteiger partial charge in [0.2, 0.25) is 0 Å². The quantitative estimate of drug-likeness (QED) is 0.690. The molecule has 150 valence electrons. The maximum Gasteiger partial charge on any atom is 0.267 e. The molecular formula is C22H23ClN4O2. The lowest BCUT2D eigenvalue weighted by Crippen LogP contribution is -2.41. The van der Waals surface area contributed by atoms with Crippen LogP contribution in [-0.4, -0.2) is 21.3 Å². The Morgan fingerprint density at radius 1 is 1.14 bits per heavy atom. The molecule has 3 N–H and O–H groups in total. The molecule has 1 aromatic carbocycles. The van der Waals surface area contributed by atoms with Gasteiger partial charge in [0.15, 0.2) is 0 Å². The highest BCUT2D eigenvalue weighted by molar-refractivity contribution is 6.30. The summed E-state index contributed by atoms with van der Waals surface area (Å²) in [5, 5.41) is 5.22. The summed E-state index contributed by atoms with van der Waals surface area (Å²) in [6.45, 7) is 0.530. The van der Waals surface area contributed by atoms with Crippen LogP contribution in [0.1, 0.15) is 37.3 Å². The predicted octanol–water partition coefficient (Wildman–Crippen LogP) is 3.26. The van der Waals surface area contributed by atoms with Crippen molar-refractivity contribution in [3.05, 3.63) is 86.0 Å². The molecule has 29 heavy (non-hydrogen) atoms. The molecule has 1 aliphatic carbocycles. The molecule has 2 heterocycles. The number of rotatable bonds is 4. The zero-order valence-corrected chi connectivity index (χ0v) is 16.7. The molecular weight excluding hydrogens is 388 g/mol. The fraction of sp³-hybridized carbons (Fsp3) is 0.318. The first-order valence-corrected chi connectivity index (χ1v) is 10.1. The molecule has 6 nitrogen and oxygen atoms in total. The van der Waals surface area contributed by atoms with Crippen molar-refractivity contribution in [3.63, 3.8) is 0 Å². The molecule has 0 spiro atoms. The van der Waals surface area contributed by atoms with E-state index in [1.165, 1.54) is 10.7 Å². The first-order chi connectivity index (χ1) is 14.0. The van der Waals surface area contributed by atoms with Crippen molar-refractivity contribution in [2.24, 2.45) is 5.73 Å². The third-order valence-corrected chi connectivity index (χ3v) is 6.24. The number of nitrogens with zero attached hydrogens (tertiary/aromatic N) is 2. The van der Waals surface area contributed by atoms with Crippen molar-refractivity contribution in [2.45, 2.75) is 37.1 Å². The van der Waals surface area contributed by atoms with Gasteiger partial charge in [0, 0.05) is 29.2 Å². The van der Waals surface area contributed by atoms with Gasteiger partial charge in [0.25, 0.3) is 11.1 Å². The van der Waals surface area contributed by atoms with Crippen LogP contribution in [0.2, 0.25) is 5.02 Å². The molecule has 0 radical (unpaired) electrons.